The second kappa shape index (κ2) is 7.32. The summed E-state index contributed by atoms with van der Waals surface area (Å²) in [7, 11) is 0. The van der Waals surface area contributed by atoms with Gasteiger partial charge < -0.3 is 14.8 Å². The van der Waals surface area contributed by atoms with E-state index in [9.17, 15) is 0 Å². The van der Waals surface area contributed by atoms with Crippen molar-refractivity contribution in [2.45, 2.75) is 58.7 Å². The molecule has 0 radical (unpaired) electrons. The van der Waals surface area contributed by atoms with Crippen LogP contribution in [-0.2, 0) is 6.54 Å². The Kier molecular flexibility index (Phi) is 5.73. The van der Waals surface area contributed by atoms with Crippen LogP contribution in [0.1, 0.15) is 45.6 Å². The number of hydrogen-bond donors (Lipinski definition) is 1. The first-order chi connectivity index (χ1) is 9.63. The van der Waals surface area contributed by atoms with Gasteiger partial charge in [0.2, 0.25) is 0 Å². The van der Waals surface area contributed by atoms with Crippen LogP contribution in [0.4, 0.5) is 0 Å². The molecule has 1 fully saturated rings. The van der Waals surface area contributed by atoms with Crippen molar-refractivity contribution < 1.29 is 9.47 Å². The molecule has 1 aromatic rings. The van der Waals surface area contributed by atoms with Crippen molar-refractivity contribution in [3.05, 3.63) is 22.2 Å². The summed E-state index contributed by atoms with van der Waals surface area (Å²) in [5.41, 5.74) is 1.23. The summed E-state index contributed by atoms with van der Waals surface area (Å²) in [6, 6.07) is 4.91. The van der Waals surface area contributed by atoms with E-state index in [0.717, 1.165) is 28.9 Å². The van der Waals surface area contributed by atoms with E-state index in [1.165, 1.54) is 18.4 Å². The van der Waals surface area contributed by atoms with Crippen LogP contribution < -0.4 is 14.8 Å². The lowest BCUT2D eigenvalue weighted by molar-refractivity contribution is 0.201. The van der Waals surface area contributed by atoms with Gasteiger partial charge in [-0.2, -0.15) is 0 Å². The van der Waals surface area contributed by atoms with Gasteiger partial charge >= 0.3 is 0 Å². The summed E-state index contributed by atoms with van der Waals surface area (Å²) >= 11 is 3.62. The van der Waals surface area contributed by atoms with Gasteiger partial charge in [0.15, 0.2) is 11.5 Å². The highest BCUT2D eigenvalue weighted by molar-refractivity contribution is 9.10. The first-order valence-corrected chi connectivity index (χ1v) is 8.28. The highest BCUT2D eigenvalue weighted by Gasteiger charge is 2.21. The minimum Gasteiger partial charge on any atom is -0.490 e. The van der Waals surface area contributed by atoms with E-state index in [0.29, 0.717) is 12.6 Å². The fraction of sp³-hybridized carbons (Fsp3) is 0.625. The van der Waals surface area contributed by atoms with Crippen molar-refractivity contribution in [2.75, 3.05) is 6.61 Å². The molecule has 0 amide bonds. The fourth-order valence-electron chi connectivity index (χ4n) is 1.93. The van der Waals surface area contributed by atoms with Gasteiger partial charge in [-0.1, -0.05) is 6.92 Å². The minimum atomic E-state index is 0.181. The Balaban J connectivity index is 2.15. The van der Waals surface area contributed by atoms with Crippen molar-refractivity contribution in [1.82, 2.24) is 5.32 Å². The number of benzene rings is 1. The van der Waals surface area contributed by atoms with E-state index < -0.39 is 0 Å². The van der Waals surface area contributed by atoms with Crippen molar-refractivity contribution >= 4 is 15.9 Å². The third kappa shape index (κ3) is 4.38. The Bertz CT molecular complexity index is 446. The maximum absolute atomic E-state index is 5.98. The Morgan fingerprint density at radius 2 is 2.10 bits per heavy atom. The van der Waals surface area contributed by atoms with E-state index in [1.54, 1.807) is 0 Å². The molecule has 0 bridgehead atoms. The Morgan fingerprint density at radius 3 is 2.70 bits per heavy atom. The van der Waals surface area contributed by atoms with Crippen LogP contribution in [0.15, 0.2) is 16.6 Å². The average Bonchev–Trinajstić information content (AvgIpc) is 3.24. The molecule has 112 valence electrons. The van der Waals surface area contributed by atoms with Gasteiger partial charge in [-0.25, -0.2) is 0 Å². The lowest BCUT2D eigenvalue weighted by Crippen LogP contribution is -2.16. The molecule has 1 aromatic carbocycles. The maximum atomic E-state index is 5.98. The normalized spacial score (nSPS) is 16.0. The number of halogens is 1. The molecular formula is C16H24BrNO2. The number of ether oxygens (including phenoxy) is 2. The molecule has 2 rings (SSSR count). The lowest BCUT2D eigenvalue weighted by atomic mass is 10.2. The molecular weight excluding hydrogens is 318 g/mol. The first kappa shape index (κ1) is 15.6. The zero-order valence-electron chi connectivity index (χ0n) is 12.5. The molecule has 3 nitrogen and oxygen atoms in total. The second-order valence-electron chi connectivity index (χ2n) is 5.33. The van der Waals surface area contributed by atoms with E-state index >= 15 is 0 Å². The third-order valence-electron chi connectivity index (χ3n) is 3.44. The SMILES string of the molecule is CCOc1cc(CNC2CC2)cc(Br)c1OC(C)CC. The van der Waals surface area contributed by atoms with Gasteiger partial charge in [-0.15, -0.1) is 0 Å². The zero-order chi connectivity index (χ0) is 14.5. The number of nitrogens with one attached hydrogen (secondary N) is 1. The van der Waals surface area contributed by atoms with Crippen LogP contribution >= 0.6 is 15.9 Å². The zero-order valence-corrected chi connectivity index (χ0v) is 14.1. The maximum Gasteiger partial charge on any atom is 0.175 e. The Hall–Kier alpha value is -0.740. The summed E-state index contributed by atoms with van der Waals surface area (Å²) in [5, 5.41) is 3.52. The average molecular weight is 342 g/mol. The predicted molar refractivity (Wildman–Crippen MR) is 85.6 cm³/mol. The van der Waals surface area contributed by atoms with Crippen LogP contribution in [0.25, 0.3) is 0 Å². The highest BCUT2D eigenvalue weighted by Crippen LogP contribution is 2.38. The van der Waals surface area contributed by atoms with Gasteiger partial charge in [0.25, 0.3) is 0 Å². The molecule has 1 aliphatic carbocycles. The second-order valence-corrected chi connectivity index (χ2v) is 6.18. The van der Waals surface area contributed by atoms with Gasteiger partial charge in [0.05, 0.1) is 17.2 Å². The van der Waals surface area contributed by atoms with Crippen LogP contribution in [0.5, 0.6) is 11.5 Å². The molecule has 0 saturated heterocycles. The molecule has 0 aromatic heterocycles. The Labute approximate surface area is 130 Å². The summed E-state index contributed by atoms with van der Waals surface area (Å²) < 4.78 is 12.7. The standard InChI is InChI=1S/C16H24BrNO2/c1-4-11(3)20-16-14(17)8-12(9-15(16)19-5-2)10-18-13-6-7-13/h8-9,11,13,18H,4-7,10H2,1-3H3. The van der Waals surface area contributed by atoms with Gasteiger partial charge in [0.1, 0.15) is 0 Å². The van der Waals surface area contributed by atoms with Gasteiger partial charge in [-0.05, 0) is 66.7 Å². The molecule has 4 heteroatoms. The Morgan fingerprint density at radius 1 is 1.35 bits per heavy atom. The van der Waals surface area contributed by atoms with Crippen molar-refractivity contribution in [3.8, 4) is 11.5 Å². The van der Waals surface area contributed by atoms with E-state index in [2.05, 4.69) is 47.2 Å². The molecule has 0 heterocycles. The van der Waals surface area contributed by atoms with E-state index in [4.69, 9.17) is 9.47 Å². The van der Waals surface area contributed by atoms with Gasteiger partial charge in [-0.3, -0.25) is 0 Å². The van der Waals surface area contributed by atoms with Crippen LogP contribution in [0, 0.1) is 0 Å². The van der Waals surface area contributed by atoms with E-state index in [-0.39, 0.29) is 6.10 Å². The monoisotopic (exact) mass is 341 g/mol. The molecule has 1 unspecified atom stereocenters. The van der Waals surface area contributed by atoms with Crippen molar-refractivity contribution in [2.24, 2.45) is 0 Å². The summed E-state index contributed by atoms with van der Waals surface area (Å²) in [5.74, 6) is 1.64. The van der Waals surface area contributed by atoms with Crippen LogP contribution in [0.3, 0.4) is 0 Å². The number of hydrogen-bond acceptors (Lipinski definition) is 3. The highest BCUT2D eigenvalue weighted by atomic mass is 79.9. The molecule has 20 heavy (non-hydrogen) atoms. The van der Waals surface area contributed by atoms with Crippen LogP contribution in [-0.4, -0.2) is 18.8 Å². The minimum absolute atomic E-state index is 0.181. The molecule has 0 spiro atoms. The van der Waals surface area contributed by atoms with Crippen LogP contribution in [0.2, 0.25) is 0 Å². The first-order valence-electron chi connectivity index (χ1n) is 7.49. The van der Waals surface area contributed by atoms with Gasteiger partial charge in [0, 0.05) is 12.6 Å². The van der Waals surface area contributed by atoms with Crippen molar-refractivity contribution in [1.29, 1.82) is 0 Å². The molecule has 1 aliphatic rings. The molecule has 0 aliphatic heterocycles. The summed E-state index contributed by atoms with van der Waals surface area (Å²) in [4.78, 5) is 0. The van der Waals surface area contributed by atoms with E-state index in [1.807, 2.05) is 6.92 Å². The smallest absolute Gasteiger partial charge is 0.175 e. The fourth-order valence-corrected chi connectivity index (χ4v) is 2.52. The summed E-state index contributed by atoms with van der Waals surface area (Å²) in [6.07, 6.45) is 3.76. The molecule has 1 saturated carbocycles. The topological polar surface area (TPSA) is 30.5 Å². The largest absolute Gasteiger partial charge is 0.490 e. The summed E-state index contributed by atoms with van der Waals surface area (Å²) in [6.45, 7) is 7.71. The predicted octanol–water partition coefficient (Wildman–Crippen LogP) is 4.28. The van der Waals surface area contributed by atoms with Crippen molar-refractivity contribution in [3.63, 3.8) is 0 Å². The third-order valence-corrected chi connectivity index (χ3v) is 4.02. The number of rotatable bonds is 8. The molecule has 1 N–H and O–H groups in total. The quantitative estimate of drug-likeness (QED) is 0.765. The molecule has 1 atom stereocenters. The lowest BCUT2D eigenvalue weighted by Gasteiger charge is -2.19.